The van der Waals surface area contributed by atoms with Gasteiger partial charge in [-0.25, -0.2) is 8.42 Å². The fourth-order valence-corrected chi connectivity index (χ4v) is 6.61. The molecule has 2 aliphatic heterocycles. The summed E-state index contributed by atoms with van der Waals surface area (Å²) in [6.07, 6.45) is 2.65. The van der Waals surface area contributed by atoms with E-state index in [9.17, 15) is 18.0 Å². The average Bonchev–Trinajstić information content (AvgIpc) is 3.47. The number of nitrogens with zero attached hydrogens (tertiary/aromatic N) is 2. The van der Waals surface area contributed by atoms with Gasteiger partial charge in [0.15, 0.2) is 0 Å². The van der Waals surface area contributed by atoms with Gasteiger partial charge in [0.2, 0.25) is 11.8 Å². The second kappa shape index (κ2) is 8.25. The Balaban J connectivity index is 1.38. The van der Waals surface area contributed by atoms with Crippen LogP contribution in [0.3, 0.4) is 0 Å². The van der Waals surface area contributed by atoms with Crippen LogP contribution in [-0.2, 0) is 26.2 Å². The molecule has 0 saturated carbocycles. The smallest absolute Gasteiger partial charge is 0.253 e. The molecule has 0 spiro atoms. The number of hydrogen-bond donors (Lipinski definition) is 1. The number of nitrogens with one attached hydrogen (secondary N) is 1. The van der Waals surface area contributed by atoms with E-state index in [-0.39, 0.29) is 16.0 Å². The molecule has 4 rings (SSSR count). The van der Waals surface area contributed by atoms with Gasteiger partial charge in [-0.1, -0.05) is 18.2 Å². The molecule has 2 saturated heterocycles. The molecule has 7 nitrogen and oxygen atoms in total. The van der Waals surface area contributed by atoms with Crippen molar-refractivity contribution in [1.29, 1.82) is 0 Å². The summed E-state index contributed by atoms with van der Waals surface area (Å²) in [6.45, 7) is 1.42. The van der Waals surface area contributed by atoms with Crippen molar-refractivity contribution in [3.8, 4) is 0 Å². The number of amides is 2. The number of carbonyl (C=O) groups is 2. The van der Waals surface area contributed by atoms with Crippen LogP contribution >= 0.6 is 11.3 Å². The van der Waals surface area contributed by atoms with Gasteiger partial charge in [-0.05, 0) is 48.4 Å². The lowest BCUT2D eigenvalue weighted by Gasteiger charge is -2.22. The first-order chi connectivity index (χ1) is 14.0. The molecular weight excluding hydrogens is 410 g/mol. The Morgan fingerprint density at radius 1 is 1.14 bits per heavy atom. The van der Waals surface area contributed by atoms with E-state index in [4.69, 9.17) is 0 Å². The van der Waals surface area contributed by atoms with Gasteiger partial charge in [0.05, 0.1) is 0 Å². The number of carbonyl (C=O) groups excluding carboxylic acids is 2. The molecule has 1 N–H and O–H groups in total. The highest BCUT2D eigenvalue weighted by atomic mass is 32.2. The lowest BCUT2D eigenvalue weighted by molar-refractivity contribution is -0.124. The van der Waals surface area contributed by atoms with Crippen LogP contribution in [0.1, 0.15) is 31.2 Å². The van der Waals surface area contributed by atoms with Gasteiger partial charge < -0.3 is 10.2 Å². The van der Waals surface area contributed by atoms with Crippen molar-refractivity contribution in [1.82, 2.24) is 9.62 Å². The van der Waals surface area contributed by atoms with Crippen LogP contribution in [0, 0.1) is 0 Å². The van der Waals surface area contributed by atoms with Gasteiger partial charge in [-0.15, -0.1) is 11.3 Å². The third kappa shape index (κ3) is 4.08. The van der Waals surface area contributed by atoms with Crippen LogP contribution in [0.15, 0.2) is 46.0 Å². The second-order valence-corrected chi connectivity index (χ2v) is 10.3. The number of benzene rings is 1. The molecule has 1 aromatic carbocycles. The van der Waals surface area contributed by atoms with E-state index in [0.717, 1.165) is 35.6 Å². The van der Waals surface area contributed by atoms with Crippen LogP contribution in [0.5, 0.6) is 0 Å². The third-order valence-electron chi connectivity index (χ3n) is 5.35. The number of hydrogen-bond acceptors (Lipinski definition) is 5. The SMILES string of the molecule is O=C(NCc1ccc(N2CCCC2=O)cc1)C1CCCN1S(=O)(=O)c1cccs1. The molecule has 0 radical (unpaired) electrons. The van der Waals surface area contributed by atoms with E-state index in [2.05, 4.69) is 5.32 Å². The first-order valence-corrected chi connectivity index (χ1v) is 12.0. The summed E-state index contributed by atoms with van der Waals surface area (Å²) in [5.41, 5.74) is 1.77. The maximum Gasteiger partial charge on any atom is 0.253 e. The zero-order valence-corrected chi connectivity index (χ0v) is 17.5. The van der Waals surface area contributed by atoms with E-state index in [0.29, 0.717) is 32.4 Å². The van der Waals surface area contributed by atoms with Gasteiger partial charge in [-0.3, -0.25) is 9.59 Å². The number of thiophene rings is 1. The molecule has 2 amide bonds. The highest BCUT2D eigenvalue weighted by Gasteiger charge is 2.39. The zero-order valence-electron chi connectivity index (χ0n) is 15.9. The van der Waals surface area contributed by atoms with Crippen molar-refractivity contribution in [2.24, 2.45) is 0 Å². The number of rotatable bonds is 6. The van der Waals surface area contributed by atoms with Crippen molar-refractivity contribution in [2.75, 3.05) is 18.0 Å². The molecule has 0 aliphatic carbocycles. The Morgan fingerprint density at radius 3 is 2.59 bits per heavy atom. The molecule has 0 bridgehead atoms. The van der Waals surface area contributed by atoms with Crippen LogP contribution < -0.4 is 10.2 Å². The van der Waals surface area contributed by atoms with Crippen LogP contribution in [-0.4, -0.2) is 43.7 Å². The molecule has 1 unspecified atom stereocenters. The summed E-state index contributed by atoms with van der Waals surface area (Å²) >= 11 is 1.16. The minimum Gasteiger partial charge on any atom is -0.351 e. The molecule has 3 heterocycles. The predicted molar refractivity (Wildman–Crippen MR) is 111 cm³/mol. The molecule has 9 heteroatoms. The monoisotopic (exact) mass is 433 g/mol. The lowest BCUT2D eigenvalue weighted by Crippen LogP contribution is -2.45. The van der Waals surface area contributed by atoms with Crippen molar-refractivity contribution < 1.29 is 18.0 Å². The largest absolute Gasteiger partial charge is 0.351 e. The molecule has 2 aromatic rings. The van der Waals surface area contributed by atoms with Gasteiger partial charge >= 0.3 is 0 Å². The predicted octanol–water partition coefficient (Wildman–Crippen LogP) is 2.34. The quantitative estimate of drug-likeness (QED) is 0.758. The molecular formula is C20H23N3O4S2. The van der Waals surface area contributed by atoms with Crippen molar-refractivity contribution in [2.45, 2.75) is 42.5 Å². The van der Waals surface area contributed by atoms with Crippen LogP contribution in [0.25, 0.3) is 0 Å². The van der Waals surface area contributed by atoms with E-state index >= 15 is 0 Å². The lowest BCUT2D eigenvalue weighted by atomic mass is 10.1. The Kier molecular flexibility index (Phi) is 5.71. The molecule has 1 aromatic heterocycles. The Hall–Kier alpha value is -2.23. The first kappa shape index (κ1) is 20.1. The van der Waals surface area contributed by atoms with Gasteiger partial charge in [0.1, 0.15) is 10.3 Å². The Bertz CT molecular complexity index is 987. The summed E-state index contributed by atoms with van der Waals surface area (Å²) in [4.78, 5) is 26.3. The maximum atomic E-state index is 12.8. The van der Waals surface area contributed by atoms with E-state index in [1.807, 2.05) is 24.3 Å². The molecule has 2 fully saturated rings. The normalized spacial score (nSPS) is 20.3. The minimum absolute atomic E-state index is 0.138. The maximum absolute atomic E-state index is 12.8. The summed E-state index contributed by atoms with van der Waals surface area (Å²) in [5, 5.41) is 4.58. The van der Waals surface area contributed by atoms with Crippen LogP contribution in [0.2, 0.25) is 0 Å². The first-order valence-electron chi connectivity index (χ1n) is 9.69. The minimum atomic E-state index is -3.64. The summed E-state index contributed by atoms with van der Waals surface area (Å²) in [6, 6.07) is 10.1. The Labute approximate surface area is 174 Å². The summed E-state index contributed by atoms with van der Waals surface area (Å²) in [7, 11) is -3.64. The summed E-state index contributed by atoms with van der Waals surface area (Å²) in [5.74, 6) is -0.138. The van der Waals surface area contributed by atoms with E-state index in [1.165, 1.54) is 4.31 Å². The van der Waals surface area contributed by atoms with E-state index < -0.39 is 16.1 Å². The Morgan fingerprint density at radius 2 is 1.93 bits per heavy atom. The van der Waals surface area contributed by atoms with Crippen LogP contribution in [0.4, 0.5) is 5.69 Å². The highest BCUT2D eigenvalue weighted by molar-refractivity contribution is 7.91. The third-order valence-corrected chi connectivity index (χ3v) is 8.63. The van der Waals surface area contributed by atoms with Gasteiger partial charge in [0, 0.05) is 31.7 Å². The summed E-state index contributed by atoms with van der Waals surface area (Å²) < 4.78 is 27.2. The number of anilines is 1. The van der Waals surface area contributed by atoms with Crippen molar-refractivity contribution >= 4 is 38.9 Å². The highest BCUT2D eigenvalue weighted by Crippen LogP contribution is 2.28. The standard InChI is InChI=1S/C20H23N3O4S2/c24-18-5-2-11-22(18)16-9-7-15(8-10-16)14-21-20(25)17-4-1-12-23(17)29(26,27)19-6-3-13-28-19/h3,6-10,13,17H,1-2,4-5,11-12,14H2,(H,21,25). The second-order valence-electron chi connectivity index (χ2n) is 7.24. The van der Waals surface area contributed by atoms with Gasteiger partial charge in [0.25, 0.3) is 10.0 Å². The fourth-order valence-electron chi connectivity index (χ4n) is 3.84. The topological polar surface area (TPSA) is 86.8 Å². The zero-order chi connectivity index (χ0) is 20.4. The van der Waals surface area contributed by atoms with Crippen molar-refractivity contribution in [3.05, 3.63) is 47.3 Å². The van der Waals surface area contributed by atoms with Crippen molar-refractivity contribution in [3.63, 3.8) is 0 Å². The molecule has 1 atom stereocenters. The average molecular weight is 434 g/mol. The molecule has 29 heavy (non-hydrogen) atoms. The molecule has 2 aliphatic rings. The molecule has 154 valence electrons. The van der Waals surface area contributed by atoms with Gasteiger partial charge in [-0.2, -0.15) is 4.31 Å². The number of sulfonamides is 1. The fraction of sp³-hybridized carbons (Fsp3) is 0.400. The van der Waals surface area contributed by atoms with E-state index in [1.54, 1.807) is 22.4 Å².